The second-order valence-electron chi connectivity index (χ2n) is 5.29. The lowest BCUT2D eigenvalue weighted by molar-refractivity contribution is -0.122. The molecule has 1 amide bonds. The number of hydrogen-bond acceptors (Lipinski definition) is 2. The van der Waals surface area contributed by atoms with Gasteiger partial charge >= 0.3 is 0 Å². The average Bonchev–Trinajstić information content (AvgIpc) is 2.42. The van der Waals surface area contributed by atoms with E-state index in [2.05, 4.69) is 31.4 Å². The highest BCUT2D eigenvalue weighted by atomic mass is 35.5. The summed E-state index contributed by atoms with van der Waals surface area (Å²) >= 11 is 5.88. The molecule has 0 saturated heterocycles. The quantitative estimate of drug-likeness (QED) is 0.718. The maximum atomic E-state index is 11.9. The van der Waals surface area contributed by atoms with Crippen LogP contribution in [-0.4, -0.2) is 18.5 Å². The van der Waals surface area contributed by atoms with E-state index < -0.39 is 0 Å². The van der Waals surface area contributed by atoms with Gasteiger partial charge in [0.1, 0.15) is 0 Å². The van der Waals surface area contributed by atoms with E-state index in [-0.39, 0.29) is 11.9 Å². The second kappa shape index (κ2) is 8.98. The standard InChI is InChI=1S/C16H25ClN2O/c1-4-15(13-7-9-14(17)10-8-13)19-16(20)6-5-11-18-12(2)3/h7-10,12,15,18H,4-6,11H2,1-3H3,(H,19,20). The van der Waals surface area contributed by atoms with Crippen molar-refractivity contribution in [2.24, 2.45) is 0 Å². The van der Waals surface area contributed by atoms with Crippen molar-refractivity contribution in [3.8, 4) is 0 Å². The number of carbonyl (C=O) groups is 1. The van der Waals surface area contributed by atoms with Gasteiger partial charge in [-0.05, 0) is 37.1 Å². The highest BCUT2D eigenvalue weighted by Gasteiger charge is 2.12. The van der Waals surface area contributed by atoms with Crippen LogP contribution in [0, 0.1) is 0 Å². The molecule has 4 heteroatoms. The van der Waals surface area contributed by atoms with Gasteiger partial charge < -0.3 is 10.6 Å². The lowest BCUT2D eigenvalue weighted by atomic mass is 10.0. The maximum absolute atomic E-state index is 11.9. The van der Waals surface area contributed by atoms with Crippen molar-refractivity contribution in [1.82, 2.24) is 10.6 Å². The molecular weight excluding hydrogens is 272 g/mol. The van der Waals surface area contributed by atoms with Crippen molar-refractivity contribution < 1.29 is 4.79 Å². The number of hydrogen-bond donors (Lipinski definition) is 2. The Bertz CT molecular complexity index is 403. The molecule has 2 N–H and O–H groups in total. The molecule has 0 heterocycles. The molecule has 112 valence electrons. The van der Waals surface area contributed by atoms with Gasteiger partial charge in [-0.3, -0.25) is 4.79 Å². The molecule has 0 aliphatic heterocycles. The Morgan fingerprint density at radius 1 is 1.25 bits per heavy atom. The van der Waals surface area contributed by atoms with Crippen molar-refractivity contribution in [3.63, 3.8) is 0 Å². The van der Waals surface area contributed by atoms with Crippen molar-refractivity contribution in [1.29, 1.82) is 0 Å². The minimum Gasteiger partial charge on any atom is -0.349 e. The molecule has 0 aromatic heterocycles. The van der Waals surface area contributed by atoms with Crippen LogP contribution in [0.4, 0.5) is 0 Å². The van der Waals surface area contributed by atoms with Gasteiger partial charge in [0.05, 0.1) is 6.04 Å². The Morgan fingerprint density at radius 2 is 1.90 bits per heavy atom. The molecule has 0 fully saturated rings. The summed E-state index contributed by atoms with van der Waals surface area (Å²) in [5, 5.41) is 7.11. The first kappa shape index (κ1) is 17.0. The second-order valence-corrected chi connectivity index (χ2v) is 5.73. The topological polar surface area (TPSA) is 41.1 Å². The summed E-state index contributed by atoms with van der Waals surface area (Å²) in [5.74, 6) is 0.109. The summed E-state index contributed by atoms with van der Waals surface area (Å²) < 4.78 is 0. The fourth-order valence-electron chi connectivity index (χ4n) is 2.02. The summed E-state index contributed by atoms with van der Waals surface area (Å²) in [4.78, 5) is 11.9. The average molecular weight is 297 g/mol. The molecule has 1 atom stereocenters. The van der Waals surface area contributed by atoms with E-state index in [1.54, 1.807) is 0 Å². The van der Waals surface area contributed by atoms with E-state index in [1.807, 2.05) is 24.3 Å². The Morgan fingerprint density at radius 3 is 2.45 bits per heavy atom. The van der Waals surface area contributed by atoms with Gasteiger partial charge in [-0.25, -0.2) is 0 Å². The Balaban J connectivity index is 2.40. The molecule has 1 unspecified atom stereocenters. The van der Waals surface area contributed by atoms with Crippen LogP contribution in [0.3, 0.4) is 0 Å². The number of halogens is 1. The van der Waals surface area contributed by atoms with Crippen LogP contribution in [0.15, 0.2) is 24.3 Å². The number of nitrogens with one attached hydrogen (secondary N) is 2. The van der Waals surface area contributed by atoms with Crippen LogP contribution in [-0.2, 0) is 4.79 Å². The lowest BCUT2D eigenvalue weighted by Crippen LogP contribution is -2.29. The highest BCUT2D eigenvalue weighted by Crippen LogP contribution is 2.19. The van der Waals surface area contributed by atoms with Crippen molar-refractivity contribution >= 4 is 17.5 Å². The first-order valence-corrected chi connectivity index (χ1v) is 7.69. The SMILES string of the molecule is CCC(NC(=O)CCCNC(C)C)c1ccc(Cl)cc1. The summed E-state index contributed by atoms with van der Waals surface area (Å²) in [6.45, 7) is 7.16. The fourth-order valence-corrected chi connectivity index (χ4v) is 2.15. The van der Waals surface area contributed by atoms with E-state index in [0.29, 0.717) is 12.5 Å². The Labute approximate surface area is 127 Å². The predicted molar refractivity (Wildman–Crippen MR) is 85.0 cm³/mol. The molecule has 1 aromatic rings. The molecule has 20 heavy (non-hydrogen) atoms. The molecule has 0 aliphatic carbocycles. The zero-order chi connectivity index (χ0) is 15.0. The summed E-state index contributed by atoms with van der Waals surface area (Å²) in [7, 11) is 0. The van der Waals surface area contributed by atoms with Crippen LogP contribution in [0.5, 0.6) is 0 Å². The van der Waals surface area contributed by atoms with Crippen molar-refractivity contribution in [2.45, 2.75) is 52.1 Å². The normalized spacial score (nSPS) is 12.4. The smallest absolute Gasteiger partial charge is 0.220 e. The predicted octanol–water partition coefficient (Wildman–Crippen LogP) is 3.69. The summed E-state index contributed by atoms with van der Waals surface area (Å²) in [5.41, 5.74) is 1.10. The number of rotatable bonds is 8. The highest BCUT2D eigenvalue weighted by molar-refractivity contribution is 6.30. The molecule has 0 radical (unpaired) electrons. The van der Waals surface area contributed by atoms with E-state index in [4.69, 9.17) is 11.6 Å². The molecule has 1 aromatic carbocycles. The number of benzene rings is 1. The third-order valence-corrected chi connectivity index (χ3v) is 3.40. The summed E-state index contributed by atoms with van der Waals surface area (Å²) in [6.07, 6.45) is 2.29. The van der Waals surface area contributed by atoms with Crippen LogP contribution < -0.4 is 10.6 Å². The molecule has 0 saturated carbocycles. The van der Waals surface area contributed by atoms with Gasteiger partial charge in [0.15, 0.2) is 0 Å². The molecular formula is C16H25ClN2O. The third kappa shape index (κ3) is 6.40. The van der Waals surface area contributed by atoms with E-state index in [1.165, 1.54) is 0 Å². The Kier molecular flexibility index (Phi) is 7.63. The van der Waals surface area contributed by atoms with Gasteiger partial charge in [0, 0.05) is 17.5 Å². The van der Waals surface area contributed by atoms with Crippen LogP contribution in [0.1, 0.15) is 51.6 Å². The molecule has 0 spiro atoms. The first-order chi connectivity index (χ1) is 9.52. The van der Waals surface area contributed by atoms with Gasteiger partial charge in [0.25, 0.3) is 0 Å². The van der Waals surface area contributed by atoms with Crippen LogP contribution in [0.25, 0.3) is 0 Å². The third-order valence-electron chi connectivity index (χ3n) is 3.15. The van der Waals surface area contributed by atoms with E-state index in [9.17, 15) is 4.79 Å². The van der Waals surface area contributed by atoms with Crippen molar-refractivity contribution in [2.75, 3.05) is 6.54 Å². The number of amides is 1. The maximum Gasteiger partial charge on any atom is 0.220 e. The van der Waals surface area contributed by atoms with E-state index >= 15 is 0 Å². The largest absolute Gasteiger partial charge is 0.349 e. The molecule has 0 aliphatic rings. The first-order valence-electron chi connectivity index (χ1n) is 7.31. The Hall–Kier alpha value is -1.06. The zero-order valence-electron chi connectivity index (χ0n) is 12.6. The van der Waals surface area contributed by atoms with Crippen molar-refractivity contribution in [3.05, 3.63) is 34.9 Å². The minimum atomic E-state index is 0.0674. The molecule has 0 bridgehead atoms. The summed E-state index contributed by atoms with van der Waals surface area (Å²) in [6, 6.07) is 8.19. The zero-order valence-corrected chi connectivity index (χ0v) is 13.3. The van der Waals surface area contributed by atoms with Gasteiger partial charge in [-0.2, -0.15) is 0 Å². The fraction of sp³-hybridized carbons (Fsp3) is 0.562. The van der Waals surface area contributed by atoms with E-state index in [0.717, 1.165) is 30.0 Å². The van der Waals surface area contributed by atoms with Crippen LogP contribution in [0.2, 0.25) is 5.02 Å². The lowest BCUT2D eigenvalue weighted by Gasteiger charge is -2.17. The van der Waals surface area contributed by atoms with Crippen LogP contribution >= 0.6 is 11.6 Å². The minimum absolute atomic E-state index is 0.0674. The number of carbonyl (C=O) groups excluding carboxylic acids is 1. The molecule has 1 rings (SSSR count). The monoisotopic (exact) mass is 296 g/mol. The van der Waals surface area contributed by atoms with Gasteiger partial charge in [-0.15, -0.1) is 0 Å². The molecule has 3 nitrogen and oxygen atoms in total. The van der Waals surface area contributed by atoms with Gasteiger partial charge in [-0.1, -0.05) is 44.5 Å². The van der Waals surface area contributed by atoms with Gasteiger partial charge in [0.2, 0.25) is 5.91 Å².